The Hall–Kier alpha value is -1.35. The van der Waals surface area contributed by atoms with E-state index in [2.05, 4.69) is 15.9 Å². The van der Waals surface area contributed by atoms with Gasteiger partial charge in [0.15, 0.2) is 10.4 Å². The molecule has 0 saturated heterocycles. The molecule has 1 aromatic carbocycles. The Labute approximate surface area is 102 Å². The van der Waals surface area contributed by atoms with Crippen LogP contribution >= 0.6 is 15.9 Å². The standard InChI is InChI=1S/C13H11BrO2/c1-9-2-4-10(5-3-9)8-11(15)12-6-7-13(14)16-12/h2-7H,8H2,1H3. The van der Waals surface area contributed by atoms with Crippen molar-refractivity contribution >= 4 is 21.7 Å². The van der Waals surface area contributed by atoms with Gasteiger partial charge in [0.25, 0.3) is 0 Å². The highest BCUT2D eigenvalue weighted by molar-refractivity contribution is 9.10. The maximum atomic E-state index is 11.8. The number of furan rings is 1. The van der Waals surface area contributed by atoms with Crippen LogP contribution in [0.3, 0.4) is 0 Å². The smallest absolute Gasteiger partial charge is 0.202 e. The van der Waals surface area contributed by atoms with Crippen LogP contribution < -0.4 is 0 Å². The minimum Gasteiger partial charge on any atom is -0.446 e. The molecular formula is C13H11BrO2. The molecule has 0 aliphatic rings. The van der Waals surface area contributed by atoms with E-state index in [4.69, 9.17) is 4.42 Å². The molecule has 82 valence electrons. The number of rotatable bonds is 3. The Morgan fingerprint density at radius 2 is 1.88 bits per heavy atom. The molecule has 0 N–H and O–H groups in total. The zero-order valence-electron chi connectivity index (χ0n) is 8.87. The van der Waals surface area contributed by atoms with E-state index in [-0.39, 0.29) is 5.78 Å². The van der Waals surface area contributed by atoms with Gasteiger partial charge in [-0.3, -0.25) is 4.79 Å². The summed E-state index contributed by atoms with van der Waals surface area (Å²) in [7, 11) is 0. The molecule has 0 fully saturated rings. The van der Waals surface area contributed by atoms with E-state index >= 15 is 0 Å². The molecule has 0 aliphatic carbocycles. The van der Waals surface area contributed by atoms with Gasteiger partial charge in [-0.05, 0) is 40.5 Å². The third kappa shape index (κ3) is 2.61. The van der Waals surface area contributed by atoms with Crippen LogP contribution in [-0.4, -0.2) is 5.78 Å². The summed E-state index contributed by atoms with van der Waals surface area (Å²) in [5, 5.41) is 0. The lowest BCUT2D eigenvalue weighted by molar-refractivity contribution is 0.0965. The fourth-order valence-corrected chi connectivity index (χ4v) is 1.75. The molecule has 1 aromatic heterocycles. The lowest BCUT2D eigenvalue weighted by Crippen LogP contribution is -2.01. The van der Waals surface area contributed by atoms with Crippen molar-refractivity contribution in [3.8, 4) is 0 Å². The number of Topliss-reactive ketones (excluding diaryl/α,β-unsaturated/α-hetero) is 1. The van der Waals surface area contributed by atoms with Crippen LogP contribution in [0.2, 0.25) is 0 Å². The van der Waals surface area contributed by atoms with E-state index in [1.807, 2.05) is 31.2 Å². The predicted molar refractivity (Wildman–Crippen MR) is 65.6 cm³/mol. The molecule has 2 aromatic rings. The highest BCUT2D eigenvalue weighted by Gasteiger charge is 2.10. The molecule has 3 heteroatoms. The first-order chi connectivity index (χ1) is 7.65. The van der Waals surface area contributed by atoms with Gasteiger partial charge in [0.1, 0.15) is 0 Å². The first kappa shape index (κ1) is 11.1. The van der Waals surface area contributed by atoms with Crippen molar-refractivity contribution in [3.05, 3.63) is 58.0 Å². The van der Waals surface area contributed by atoms with Crippen molar-refractivity contribution in [1.82, 2.24) is 0 Å². The molecule has 0 saturated carbocycles. The average molecular weight is 279 g/mol. The zero-order valence-corrected chi connectivity index (χ0v) is 10.5. The van der Waals surface area contributed by atoms with Crippen LogP contribution in [0.15, 0.2) is 45.5 Å². The van der Waals surface area contributed by atoms with Crippen LogP contribution in [0.5, 0.6) is 0 Å². The quantitative estimate of drug-likeness (QED) is 0.800. The van der Waals surface area contributed by atoms with Crippen molar-refractivity contribution in [1.29, 1.82) is 0 Å². The largest absolute Gasteiger partial charge is 0.446 e. The molecule has 0 atom stereocenters. The van der Waals surface area contributed by atoms with Gasteiger partial charge in [0, 0.05) is 6.42 Å². The van der Waals surface area contributed by atoms with Gasteiger partial charge in [-0.25, -0.2) is 0 Å². The van der Waals surface area contributed by atoms with Gasteiger partial charge in [-0.15, -0.1) is 0 Å². The SMILES string of the molecule is Cc1ccc(CC(=O)c2ccc(Br)o2)cc1. The average Bonchev–Trinajstić information content (AvgIpc) is 2.68. The molecule has 0 amide bonds. The van der Waals surface area contributed by atoms with E-state index < -0.39 is 0 Å². The summed E-state index contributed by atoms with van der Waals surface area (Å²) < 4.78 is 5.79. The van der Waals surface area contributed by atoms with Gasteiger partial charge in [-0.2, -0.15) is 0 Å². The van der Waals surface area contributed by atoms with Gasteiger partial charge < -0.3 is 4.42 Å². The monoisotopic (exact) mass is 278 g/mol. The topological polar surface area (TPSA) is 30.2 Å². The minimum atomic E-state index is -0.00504. The van der Waals surface area contributed by atoms with Gasteiger partial charge >= 0.3 is 0 Å². The molecule has 0 unspecified atom stereocenters. The Morgan fingerprint density at radius 3 is 2.44 bits per heavy atom. The minimum absolute atomic E-state index is 0.00504. The third-order valence-electron chi connectivity index (χ3n) is 2.33. The highest BCUT2D eigenvalue weighted by Crippen LogP contribution is 2.16. The second-order valence-corrected chi connectivity index (χ2v) is 4.47. The number of benzene rings is 1. The number of carbonyl (C=O) groups is 1. The number of aryl methyl sites for hydroxylation is 1. The summed E-state index contributed by atoms with van der Waals surface area (Å²) in [6.07, 6.45) is 0.375. The van der Waals surface area contributed by atoms with Crippen molar-refractivity contribution in [2.45, 2.75) is 13.3 Å². The normalized spacial score (nSPS) is 10.4. The Morgan fingerprint density at radius 1 is 1.19 bits per heavy atom. The number of ketones is 1. The van der Waals surface area contributed by atoms with Crippen molar-refractivity contribution in [2.75, 3.05) is 0 Å². The lowest BCUT2D eigenvalue weighted by Gasteiger charge is -1.99. The summed E-state index contributed by atoms with van der Waals surface area (Å²) in [6.45, 7) is 2.02. The fraction of sp³-hybridized carbons (Fsp3) is 0.154. The molecule has 0 radical (unpaired) electrons. The van der Waals surface area contributed by atoms with Crippen LogP contribution in [-0.2, 0) is 6.42 Å². The first-order valence-electron chi connectivity index (χ1n) is 4.99. The highest BCUT2D eigenvalue weighted by atomic mass is 79.9. The molecule has 0 aliphatic heterocycles. The van der Waals surface area contributed by atoms with E-state index in [0.29, 0.717) is 16.9 Å². The van der Waals surface area contributed by atoms with Crippen LogP contribution in [0.25, 0.3) is 0 Å². The maximum absolute atomic E-state index is 11.8. The summed E-state index contributed by atoms with van der Waals surface area (Å²) in [5.74, 6) is 0.391. The fourth-order valence-electron chi connectivity index (χ4n) is 1.44. The first-order valence-corrected chi connectivity index (χ1v) is 5.78. The van der Waals surface area contributed by atoms with Crippen LogP contribution in [0.1, 0.15) is 21.7 Å². The van der Waals surface area contributed by atoms with E-state index in [9.17, 15) is 4.79 Å². The second-order valence-electron chi connectivity index (χ2n) is 3.69. The van der Waals surface area contributed by atoms with Crippen LogP contribution in [0, 0.1) is 6.92 Å². The number of hydrogen-bond donors (Lipinski definition) is 0. The van der Waals surface area contributed by atoms with E-state index in [0.717, 1.165) is 5.56 Å². The lowest BCUT2D eigenvalue weighted by atomic mass is 10.1. The molecule has 16 heavy (non-hydrogen) atoms. The van der Waals surface area contributed by atoms with Gasteiger partial charge in [-0.1, -0.05) is 29.8 Å². The molecule has 2 nitrogen and oxygen atoms in total. The Bertz CT molecular complexity index is 497. The van der Waals surface area contributed by atoms with Crippen molar-refractivity contribution in [3.63, 3.8) is 0 Å². The summed E-state index contributed by atoms with van der Waals surface area (Å²) in [4.78, 5) is 11.8. The number of hydrogen-bond acceptors (Lipinski definition) is 2. The molecule has 0 spiro atoms. The Kier molecular flexibility index (Phi) is 3.25. The maximum Gasteiger partial charge on any atom is 0.202 e. The van der Waals surface area contributed by atoms with Crippen molar-refractivity contribution < 1.29 is 9.21 Å². The molecule has 1 heterocycles. The zero-order chi connectivity index (χ0) is 11.5. The summed E-state index contributed by atoms with van der Waals surface area (Å²) >= 11 is 3.18. The molecule has 2 rings (SSSR count). The van der Waals surface area contributed by atoms with Crippen molar-refractivity contribution in [2.24, 2.45) is 0 Å². The van der Waals surface area contributed by atoms with Gasteiger partial charge in [0.05, 0.1) is 0 Å². The van der Waals surface area contributed by atoms with Gasteiger partial charge in [0.2, 0.25) is 5.78 Å². The summed E-state index contributed by atoms with van der Waals surface area (Å²) in [5.41, 5.74) is 2.19. The summed E-state index contributed by atoms with van der Waals surface area (Å²) in [6, 6.07) is 11.3. The third-order valence-corrected chi connectivity index (χ3v) is 2.76. The Balaban J connectivity index is 2.10. The van der Waals surface area contributed by atoms with E-state index in [1.165, 1.54) is 5.56 Å². The van der Waals surface area contributed by atoms with Crippen LogP contribution in [0.4, 0.5) is 0 Å². The molecule has 0 bridgehead atoms. The predicted octanol–water partition coefficient (Wildman–Crippen LogP) is 3.78. The number of carbonyl (C=O) groups excluding carboxylic acids is 1. The molecular weight excluding hydrogens is 268 g/mol. The van der Waals surface area contributed by atoms with E-state index in [1.54, 1.807) is 12.1 Å². The number of halogens is 1. The second kappa shape index (κ2) is 4.66.